The number of aromatic hydroxyl groups is 1. The van der Waals surface area contributed by atoms with Crippen LogP contribution in [0.1, 0.15) is 12.5 Å². The summed E-state index contributed by atoms with van der Waals surface area (Å²) in [5, 5.41) is 17.2. The van der Waals surface area contributed by atoms with Crippen molar-refractivity contribution in [1.29, 1.82) is 0 Å². The van der Waals surface area contributed by atoms with E-state index in [1.54, 1.807) is 13.2 Å². The third kappa shape index (κ3) is 2.03. The van der Waals surface area contributed by atoms with Crippen LogP contribution < -0.4 is 5.32 Å². The van der Waals surface area contributed by atoms with Gasteiger partial charge in [0, 0.05) is 12.6 Å². The fraction of sp³-hybridized carbons (Fsp3) is 0.300. The maximum Gasteiger partial charge on any atom is 0.255 e. The minimum atomic E-state index is 0.0527. The standard InChI is InChI=1S/C10H12ClN5O/c1-3-6-4-14-16(9(6)17)10-13-5-7(11)8(12-2)15-10/h4-5,17H,3H2,1-2H3,(H,12,13,15). The molecule has 17 heavy (non-hydrogen) atoms. The first-order chi connectivity index (χ1) is 8.17. The number of nitrogens with zero attached hydrogens (tertiary/aromatic N) is 4. The molecule has 0 saturated carbocycles. The number of nitrogens with one attached hydrogen (secondary N) is 1. The second kappa shape index (κ2) is 4.58. The molecule has 7 heteroatoms. The highest BCUT2D eigenvalue weighted by Crippen LogP contribution is 2.22. The highest BCUT2D eigenvalue weighted by molar-refractivity contribution is 6.32. The van der Waals surface area contributed by atoms with Gasteiger partial charge in [-0.2, -0.15) is 14.8 Å². The molecule has 2 rings (SSSR count). The van der Waals surface area contributed by atoms with Crippen LogP contribution in [-0.2, 0) is 6.42 Å². The Balaban J connectivity index is 2.49. The van der Waals surface area contributed by atoms with Crippen molar-refractivity contribution in [2.24, 2.45) is 0 Å². The molecule has 90 valence electrons. The van der Waals surface area contributed by atoms with Crippen LogP contribution in [0, 0.1) is 0 Å². The van der Waals surface area contributed by atoms with Crippen molar-refractivity contribution in [1.82, 2.24) is 19.7 Å². The van der Waals surface area contributed by atoms with Crippen LogP contribution in [0.4, 0.5) is 5.82 Å². The van der Waals surface area contributed by atoms with Crippen LogP contribution in [0.2, 0.25) is 5.02 Å². The molecule has 0 bridgehead atoms. The molecule has 0 saturated heterocycles. The summed E-state index contributed by atoms with van der Waals surface area (Å²) in [6, 6.07) is 0. The second-order valence-corrected chi connectivity index (χ2v) is 3.78. The van der Waals surface area contributed by atoms with E-state index in [-0.39, 0.29) is 11.8 Å². The van der Waals surface area contributed by atoms with Crippen LogP contribution >= 0.6 is 11.6 Å². The summed E-state index contributed by atoms with van der Waals surface area (Å²) in [6.45, 7) is 1.93. The highest BCUT2D eigenvalue weighted by atomic mass is 35.5. The lowest BCUT2D eigenvalue weighted by Gasteiger charge is -2.05. The zero-order chi connectivity index (χ0) is 12.4. The fourth-order valence-corrected chi connectivity index (χ4v) is 1.59. The van der Waals surface area contributed by atoms with Gasteiger partial charge >= 0.3 is 0 Å². The zero-order valence-electron chi connectivity index (χ0n) is 9.48. The normalized spacial score (nSPS) is 10.5. The van der Waals surface area contributed by atoms with E-state index in [0.717, 1.165) is 5.56 Å². The molecule has 2 aromatic heterocycles. The SMILES string of the molecule is CCc1cnn(-c2ncc(Cl)c(NC)n2)c1O. The summed E-state index contributed by atoms with van der Waals surface area (Å²) in [6.07, 6.45) is 3.74. The van der Waals surface area contributed by atoms with Gasteiger partial charge in [-0.05, 0) is 6.42 Å². The molecule has 2 N–H and O–H groups in total. The van der Waals surface area contributed by atoms with Gasteiger partial charge < -0.3 is 10.4 Å². The Morgan fingerprint density at radius 2 is 2.24 bits per heavy atom. The average molecular weight is 254 g/mol. The average Bonchev–Trinajstić information content (AvgIpc) is 2.71. The van der Waals surface area contributed by atoms with E-state index < -0.39 is 0 Å². The maximum absolute atomic E-state index is 9.88. The maximum atomic E-state index is 9.88. The van der Waals surface area contributed by atoms with E-state index >= 15 is 0 Å². The van der Waals surface area contributed by atoms with Crippen LogP contribution in [0.5, 0.6) is 5.88 Å². The Kier molecular flexibility index (Phi) is 3.14. The van der Waals surface area contributed by atoms with Gasteiger partial charge in [-0.15, -0.1) is 0 Å². The zero-order valence-corrected chi connectivity index (χ0v) is 10.2. The number of aryl methyl sites for hydroxylation is 1. The lowest BCUT2D eigenvalue weighted by Crippen LogP contribution is -2.05. The lowest BCUT2D eigenvalue weighted by molar-refractivity contribution is 0.425. The van der Waals surface area contributed by atoms with Gasteiger partial charge in [0.1, 0.15) is 10.8 Å². The molecule has 0 aliphatic rings. The molecule has 0 spiro atoms. The predicted octanol–water partition coefficient (Wildman–Crippen LogP) is 1.63. The largest absolute Gasteiger partial charge is 0.493 e. The van der Waals surface area contributed by atoms with Crippen molar-refractivity contribution < 1.29 is 5.11 Å². The van der Waals surface area contributed by atoms with Crippen molar-refractivity contribution in [3.63, 3.8) is 0 Å². The molecular formula is C10H12ClN5O. The minimum Gasteiger partial charge on any atom is -0.493 e. The highest BCUT2D eigenvalue weighted by Gasteiger charge is 2.13. The molecule has 0 fully saturated rings. The second-order valence-electron chi connectivity index (χ2n) is 3.38. The summed E-state index contributed by atoms with van der Waals surface area (Å²) < 4.78 is 1.27. The Labute approximate surface area is 103 Å². The molecule has 0 radical (unpaired) electrons. The van der Waals surface area contributed by atoms with Gasteiger partial charge in [-0.25, -0.2) is 4.98 Å². The molecule has 6 nitrogen and oxygen atoms in total. The van der Waals surface area contributed by atoms with E-state index in [0.29, 0.717) is 17.3 Å². The first kappa shape index (κ1) is 11.7. The van der Waals surface area contributed by atoms with E-state index in [4.69, 9.17) is 11.6 Å². The topological polar surface area (TPSA) is 75.9 Å². The smallest absolute Gasteiger partial charge is 0.255 e. The fourth-order valence-electron chi connectivity index (χ4n) is 1.41. The first-order valence-electron chi connectivity index (χ1n) is 5.14. The van der Waals surface area contributed by atoms with Gasteiger partial charge in [0.2, 0.25) is 5.88 Å². The third-order valence-corrected chi connectivity index (χ3v) is 2.63. The molecule has 0 amide bonds. The van der Waals surface area contributed by atoms with Crippen molar-refractivity contribution >= 4 is 17.4 Å². The lowest BCUT2D eigenvalue weighted by atomic mass is 10.3. The summed E-state index contributed by atoms with van der Waals surface area (Å²) >= 11 is 5.88. The number of anilines is 1. The number of halogens is 1. The molecule has 2 heterocycles. The van der Waals surface area contributed by atoms with Crippen LogP contribution in [0.3, 0.4) is 0 Å². The third-order valence-electron chi connectivity index (χ3n) is 2.36. The summed E-state index contributed by atoms with van der Waals surface area (Å²) in [5.74, 6) is 0.817. The number of hydrogen-bond acceptors (Lipinski definition) is 5. The Morgan fingerprint density at radius 1 is 1.47 bits per heavy atom. The predicted molar refractivity (Wildman–Crippen MR) is 64.8 cm³/mol. The molecule has 0 aliphatic carbocycles. The van der Waals surface area contributed by atoms with Gasteiger partial charge in [0.05, 0.1) is 12.4 Å². The molecule has 0 unspecified atom stereocenters. The number of aromatic nitrogens is 4. The van der Waals surface area contributed by atoms with E-state index in [1.165, 1.54) is 10.9 Å². The molecule has 0 aromatic carbocycles. The monoisotopic (exact) mass is 253 g/mol. The van der Waals surface area contributed by atoms with E-state index in [2.05, 4.69) is 20.4 Å². The quantitative estimate of drug-likeness (QED) is 0.869. The summed E-state index contributed by atoms with van der Waals surface area (Å²) in [7, 11) is 1.71. The number of hydrogen-bond donors (Lipinski definition) is 2. The minimum absolute atomic E-state index is 0.0527. The van der Waals surface area contributed by atoms with Gasteiger partial charge in [-0.3, -0.25) is 0 Å². The first-order valence-corrected chi connectivity index (χ1v) is 5.51. The van der Waals surface area contributed by atoms with E-state index in [9.17, 15) is 5.11 Å². The van der Waals surface area contributed by atoms with Gasteiger partial charge in [0.25, 0.3) is 5.95 Å². The molecule has 0 aliphatic heterocycles. The van der Waals surface area contributed by atoms with Gasteiger partial charge in [0.15, 0.2) is 0 Å². The van der Waals surface area contributed by atoms with Crippen LogP contribution in [0.15, 0.2) is 12.4 Å². The molecule has 0 atom stereocenters. The van der Waals surface area contributed by atoms with Crippen molar-refractivity contribution in [2.75, 3.05) is 12.4 Å². The van der Waals surface area contributed by atoms with E-state index in [1.807, 2.05) is 6.92 Å². The van der Waals surface area contributed by atoms with Crippen LogP contribution in [-0.4, -0.2) is 31.9 Å². The van der Waals surface area contributed by atoms with Crippen LogP contribution in [0.25, 0.3) is 5.95 Å². The Hall–Kier alpha value is -1.82. The molecule has 2 aromatic rings. The Morgan fingerprint density at radius 3 is 2.82 bits per heavy atom. The molecular weight excluding hydrogens is 242 g/mol. The summed E-state index contributed by atoms with van der Waals surface area (Å²) in [5.41, 5.74) is 0.745. The van der Waals surface area contributed by atoms with Gasteiger partial charge in [-0.1, -0.05) is 18.5 Å². The Bertz CT molecular complexity index is 539. The van der Waals surface area contributed by atoms with Crippen molar-refractivity contribution in [3.8, 4) is 11.8 Å². The van der Waals surface area contributed by atoms with Crippen molar-refractivity contribution in [3.05, 3.63) is 23.0 Å². The number of rotatable bonds is 3. The summed E-state index contributed by atoms with van der Waals surface area (Å²) in [4.78, 5) is 8.18. The van der Waals surface area contributed by atoms with Crippen molar-refractivity contribution in [2.45, 2.75) is 13.3 Å².